The maximum absolute atomic E-state index is 14.2. The summed E-state index contributed by atoms with van der Waals surface area (Å²) >= 11 is 5.61. The van der Waals surface area contributed by atoms with Crippen molar-refractivity contribution in [1.82, 2.24) is 20.1 Å². The predicted octanol–water partition coefficient (Wildman–Crippen LogP) is 3.98. The van der Waals surface area contributed by atoms with Crippen LogP contribution in [-0.4, -0.2) is 170 Å². The van der Waals surface area contributed by atoms with E-state index in [2.05, 4.69) is 34.4 Å². The molecule has 15 nitrogen and oxygen atoms in total. The van der Waals surface area contributed by atoms with Gasteiger partial charge < -0.3 is 60.0 Å². The molecule has 3 saturated heterocycles. The second-order valence-electron chi connectivity index (χ2n) is 20.2. The van der Waals surface area contributed by atoms with E-state index in [0.717, 1.165) is 5.69 Å². The van der Waals surface area contributed by atoms with Crippen LogP contribution in [-0.2, 0) is 23.7 Å². The zero-order valence-electron chi connectivity index (χ0n) is 40.4. The Kier molecular flexibility index (Phi) is 19.2. The Labute approximate surface area is 383 Å². The third-order valence-corrected chi connectivity index (χ3v) is 15.4. The molecule has 0 bridgehead atoms. The molecule has 1 aromatic rings. The molecule has 18 atom stereocenters. The van der Waals surface area contributed by atoms with E-state index in [4.69, 9.17) is 31.2 Å². The van der Waals surface area contributed by atoms with Crippen molar-refractivity contribution in [2.45, 2.75) is 185 Å². The first-order valence-corrected chi connectivity index (χ1v) is 23.7. The molecule has 362 valence electrons. The highest BCUT2D eigenvalue weighted by molar-refractivity contribution is 7.80. The lowest BCUT2D eigenvalue weighted by Crippen LogP contribution is -2.60. The van der Waals surface area contributed by atoms with Crippen LogP contribution in [0.2, 0.25) is 0 Å². The van der Waals surface area contributed by atoms with E-state index < -0.39 is 83.4 Å². The highest BCUT2D eigenvalue weighted by atomic mass is 32.1. The summed E-state index contributed by atoms with van der Waals surface area (Å²) in [4.78, 5) is 22.5. The first kappa shape index (κ1) is 53.5. The van der Waals surface area contributed by atoms with Gasteiger partial charge in [-0.1, -0.05) is 34.6 Å². The van der Waals surface area contributed by atoms with Gasteiger partial charge in [0.2, 0.25) is 0 Å². The normalized spacial score (nSPS) is 42.8. The van der Waals surface area contributed by atoms with Crippen LogP contribution in [0.25, 0.3) is 0 Å². The minimum atomic E-state index is -1.81. The SMILES string of the molecule is CC[C@@H]1OC(=O)[C@H](C)[C@H](C)[C@@H](C)[C@H](C[C@@H]2C[C@@](C)(OC)[C@H](O)[C@H](C)O2)[C@@](O)(C[C@@H]2O[C@H](C)C[C@H](N(C)C)[C@@H]2O)C[C@H](C)CN(CCNC(=S)Nc2cccnc2)[C@H](C)[C@@H](O)[C@]1(C)O. The fourth-order valence-electron chi connectivity index (χ4n) is 10.9. The number of aromatic nitrogens is 1. The number of ether oxygens (including phenoxy) is 4. The fraction of sp³-hybridized carbons (Fsp3) is 0.851. The summed E-state index contributed by atoms with van der Waals surface area (Å²) < 4.78 is 25.2. The number of nitrogens with one attached hydrogen (secondary N) is 2. The molecular weight excluding hydrogens is 827 g/mol. The summed E-state index contributed by atoms with van der Waals surface area (Å²) in [6.45, 7) is 20.0. The van der Waals surface area contributed by atoms with Gasteiger partial charge in [-0.2, -0.15) is 0 Å². The van der Waals surface area contributed by atoms with E-state index in [1.165, 1.54) is 6.92 Å². The number of hydrogen-bond acceptors (Lipinski definition) is 14. The first-order chi connectivity index (χ1) is 29.4. The lowest BCUT2D eigenvalue weighted by Gasteiger charge is -2.51. The molecule has 0 aliphatic carbocycles. The number of esters is 1. The molecule has 0 radical (unpaired) electrons. The van der Waals surface area contributed by atoms with Crippen LogP contribution in [0.5, 0.6) is 0 Å². The molecule has 0 saturated carbocycles. The van der Waals surface area contributed by atoms with E-state index in [0.29, 0.717) is 44.0 Å². The summed E-state index contributed by atoms with van der Waals surface area (Å²) in [5.41, 5.74) is -3.46. The Balaban J connectivity index is 1.82. The van der Waals surface area contributed by atoms with Gasteiger partial charge in [0.05, 0.1) is 59.5 Å². The number of anilines is 1. The minimum Gasteiger partial charge on any atom is -0.459 e. The van der Waals surface area contributed by atoms with E-state index in [9.17, 15) is 30.3 Å². The number of aliphatic hydroxyl groups excluding tert-OH is 3. The molecule has 3 fully saturated rings. The second-order valence-corrected chi connectivity index (χ2v) is 20.6. The molecule has 1 aromatic heterocycles. The molecule has 0 unspecified atom stereocenters. The van der Waals surface area contributed by atoms with Crippen LogP contribution in [0.4, 0.5) is 5.69 Å². The molecule has 3 aliphatic heterocycles. The van der Waals surface area contributed by atoms with Crippen LogP contribution < -0.4 is 10.6 Å². The number of methoxy groups -OCH3 is 1. The van der Waals surface area contributed by atoms with Crippen LogP contribution in [0.3, 0.4) is 0 Å². The Morgan fingerprint density at radius 1 is 1.03 bits per heavy atom. The maximum atomic E-state index is 14.2. The van der Waals surface area contributed by atoms with Crippen molar-refractivity contribution >= 4 is 29.0 Å². The molecule has 63 heavy (non-hydrogen) atoms. The van der Waals surface area contributed by atoms with Crippen molar-refractivity contribution in [3.8, 4) is 0 Å². The Morgan fingerprint density at radius 3 is 2.32 bits per heavy atom. The quantitative estimate of drug-likeness (QED) is 0.124. The van der Waals surface area contributed by atoms with Gasteiger partial charge in [0.15, 0.2) is 5.11 Å². The van der Waals surface area contributed by atoms with Gasteiger partial charge in [-0.3, -0.25) is 14.7 Å². The molecule has 0 spiro atoms. The average Bonchev–Trinajstić information content (AvgIpc) is 3.22. The zero-order chi connectivity index (χ0) is 47.2. The van der Waals surface area contributed by atoms with Crippen molar-refractivity contribution in [2.75, 3.05) is 46.2 Å². The van der Waals surface area contributed by atoms with Crippen LogP contribution >= 0.6 is 12.2 Å². The number of pyridine rings is 1. The summed E-state index contributed by atoms with van der Waals surface area (Å²) in [6.07, 6.45) is -0.560. The second kappa shape index (κ2) is 22.6. The van der Waals surface area contributed by atoms with Crippen LogP contribution in [0.1, 0.15) is 108 Å². The summed E-state index contributed by atoms with van der Waals surface area (Å²) in [5, 5.41) is 67.9. The van der Waals surface area contributed by atoms with Gasteiger partial charge in [-0.15, -0.1) is 0 Å². The van der Waals surface area contributed by atoms with Gasteiger partial charge in [0, 0.05) is 57.9 Å². The monoisotopic (exact) mass is 910 g/mol. The number of carbonyl (C=O) groups excluding carboxylic acids is 1. The zero-order valence-corrected chi connectivity index (χ0v) is 41.2. The number of thiocarbonyl (C=S) groups is 1. The molecular formula is C47H83N5O10S. The third kappa shape index (κ3) is 13.1. The smallest absolute Gasteiger partial charge is 0.309 e. The van der Waals surface area contributed by atoms with E-state index in [1.54, 1.807) is 19.5 Å². The van der Waals surface area contributed by atoms with Crippen LogP contribution in [0, 0.1) is 29.6 Å². The summed E-state index contributed by atoms with van der Waals surface area (Å²) in [5.74, 6) is -2.52. The lowest BCUT2D eigenvalue weighted by molar-refractivity contribution is -0.226. The molecule has 4 heterocycles. The van der Waals surface area contributed by atoms with Crippen molar-refractivity contribution in [3.05, 3.63) is 24.5 Å². The van der Waals surface area contributed by atoms with Crippen molar-refractivity contribution in [2.24, 2.45) is 29.6 Å². The summed E-state index contributed by atoms with van der Waals surface area (Å²) in [7, 11) is 5.48. The standard InChI is InChI=1S/C47H83N5O10S/c1-14-39-46(10,57)41(54)32(7)52(19-18-49-44(63)50-34-16-15-17-48-25-34)26-27(2)22-47(58,24-38-40(53)37(51(11)12)20-28(3)60-38)36(30(5)29(4)31(6)43(56)62-39)21-35-23-45(9,59-13)42(55)33(8)61-35/h15-17,25,27-33,35-42,53-55,57-58H,14,18-24,26H2,1-13H3,(H2,49,50,63)/t27-,28+,29+,30+,31+,32+,33-,35+,36-,37-,38-,39-,40-,41+,42+,45+,46+,47-/m0/s1. The number of cyclic esters (lactones) is 1. The molecule has 3 aliphatic rings. The fourth-order valence-corrected chi connectivity index (χ4v) is 11.1. The van der Waals surface area contributed by atoms with Gasteiger partial charge in [-0.05, 0) is 122 Å². The Bertz CT molecular complexity index is 1600. The number of rotatable bonds is 11. The van der Waals surface area contributed by atoms with E-state index in [1.807, 2.05) is 79.6 Å². The number of aliphatic hydroxyl groups is 5. The van der Waals surface area contributed by atoms with Gasteiger partial charge in [0.25, 0.3) is 0 Å². The lowest BCUT2D eigenvalue weighted by atomic mass is 9.63. The Hall–Kier alpha value is -2.09. The highest BCUT2D eigenvalue weighted by Gasteiger charge is 2.53. The molecule has 0 aromatic carbocycles. The number of hydrogen-bond donors (Lipinski definition) is 7. The maximum Gasteiger partial charge on any atom is 0.309 e. The van der Waals surface area contributed by atoms with E-state index >= 15 is 0 Å². The van der Waals surface area contributed by atoms with Gasteiger partial charge in [-0.25, -0.2) is 0 Å². The number of likely N-dealkylation sites (N-methyl/N-ethyl adjacent to an activating group) is 1. The minimum absolute atomic E-state index is 0.112. The molecule has 0 amide bonds. The first-order valence-electron chi connectivity index (χ1n) is 23.3. The topological polar surface area (TPSA) is 199 Å². The molecule has 16 heteroatoms. The highest BCUT2D eigenvalue weighted by Crippen LogP contribution is 2.47. The predicted molar refractivity (Wildman–Crippen MR) is 248 cm³/mol. The van der Waals surface area contributed by atoms with Crippen molar-refractivity contribution in [3.63, 3.8) is 0 Å². The number of nitrogens with zero attached hydrogens (tertiary/aromatic N) is 3. The van der Waals surface area contributed by atoms with Crippen LogP contribution in [0.15, 0.2) is 24.5 Å². The Morgan fingerprint density at radius 2 is 1.71 bits per heavy atom. The molecule has 7 N–H and O–H groups in total. The van der Waals surface area contributed by atoms with Gasteiger partial charge >= 0.3 is 5.97 Å². The average molecular weight is 910 g/mol. The third-order valence-electron chi connectivity index (χ3n) is 15.1. The van der Waals surface area contributed by atoms with Crippen molar-refractivity contribution < 1.29 is 49.3 Å². The number of carbonyl (C=O) groups is 1. The van der Waals surface area contributed by atoms with E-state index in [-0.39, 0.29) is 49.2 Å². The van der Waals surface area contributed by atoms with Crippen molar-refractivity contribution in [1.29, 1.82) is 0 Å². The largest absolute Gasteiger partial charge is 0.459 e. The summed E-state index contributed by atoms with van der Waals surface area (Å²) in [6, 6.07) is 2.84. The molecule has 4 rings (SSSR count). The van der Waals surface area contributed by atoms with Gasteiger partial charge in [0.1, 0.15) is 23.9 Å².